The molecule has 3 heterocycles. The number of hydrogen-bond acceptors (Lipinski definition) is 5. The van der Waals surface area contributed by atoms with E-state index >= 15 is 0 Å². The molecule has 1 saturated heterocycles. The Balaban J connectivity index is 1.51. The second-order valence-electron chi connectivity index (χ2n) is 6.44. The van der Waals surface area contributed by atoms with Gasteiger partial charge in [0.05, 0.1) is 10.2 Å². The molecule has 7 heteroatoms. The van der Waals surface area contributed by atoms with Crippen molar-refractivity contribution in [2.45, 2.75) is 25.4 Å². The smallest absolute Gasteiger partial charge is 0.407 e. The number of nitrogens with one attached hydrogen (secondary N) is 1. The minimum absolute atomic E-state index is 0.254. The van der Waals surface area contributed by atoms with Crippen LogP contribution in [-0.4, -0.2) is 53.4 Å². The summed E-state index contributed by atoms with van der Waals surface area (Å²) in [5.74, 6) is 0. The molecular weight excluding hydrogens is 338 g/mol. The summed E-state index contributed by atoms with van der Waals surface area (Å²) in [6, 6.07) is 6.24. The summed E-state index contributed by atoms with van der Waals surface area (Å²) >= 11 is 1.59. The van der Waals surface area contributed by atoms with Crippen LogP contribution in [0, 0.1) is 0 Å². The van der Waals surface area contributed by atoms with Crippen molar-refractivity contribution < 1.29 is 14.6 Å². The summed E-state index contributed by atoms with van der Waals surface area (Å²) < 4.78 is 7.16. The van der Waals surface area contributed by atoms with E-state index in [1.165, 1.54) is 10.5 Å². The van der Waals surface area contributed by atoms with Gasteiger partial charge in [0.1, 0.15) is 6.10 Å². The Kier molecular flexibility index (Phi) is 4.59. The fourth-order valence-electron chi connectivity index (χ4n) is 3.31. The molecule has 132 valence electrons. The number of nitrogens with zero attached hydrogens (tertiary/aromatic N) is 2. The number of aromatic nitrogens is 1. The number of benzene rings is 1. The number of thiazole rings is 1. The van der Waals surface area contributed by atoms with Crippen LogP contribution in [-0.2, 0) is 0 Å². The highest BCUT2D eigenvalue weighted by Crippen LogP contribution is 2.32. The molecule has 2 aliphatic rings. The minimum Gasteiger partial charge on any atom is -0.467 e. The lowest BCUT2D eigenvalue weighted by molar-refractivity contribution is 0.150. The van der Waals surface area contributed by atoms with Gasteiger partial charge < -0.3 is 20.1 Å². The van der Waals surface area contributed by atoms with Crippen molar-refractivity contribution in [3.8, 4) is 5.19 Å². The fourth-order valence-corrected chi connectivity index (χ4v) is 4.24. The van der Waals surface area contributed by atoms with Crippen LogP contribution in [0.25, 0.3) is 15.8 Å². The summed E-state index contributed by atoms with van der Waals surface area (Å²) in [5, 5.41) is 13.1. The maximum absolute atomic E-state index is 11.0. The zero-order chi connectivity index (χ0) is 17.2. The second kappa shape index (κ2) is 7.01. The molecule has 25 heavy (non-hydrogen) atoms. The standard InChI is InChI=1S/C18H21N3O3S/c22-18(23)21-9-5-12(6-10-21)13-1-2-15-16(11-13)25-17(20-15)24-14-3-7-19-8-4-14/h1-2,5,11,14,19H,3-4,6-10H2,(H,22,23). The molecule has 6 nitrogen and oxygen atoms in total. The van der Waals surface area contributed by atoms with Crippen LogP contribution in [0.3, 0.4) is 0 Å². The van der Waals surface area contributed by atoms with Gasteiger partial charge in [-0.05, 0) is 55.6 Å². The molecule has 0 atom stereocenters. The van der Waals surface area contributed by atoms with Crippen molar-refractivity contribution in [1.82, 2.24) is 15.2 Å². The molecule has 1 aromatic carbocycles. The van der Waals surface area contributed by atoms with Gasteiger partial charge in [0.25, 0.3) is 5.19 Å². The largest absolute Gasteiger partial charge is 0.467 e. The van der Waals surface area contributed by atoms with Crippen LogP contribution in [0.2, 0.25) is 0 Å². The Morgan fingerprint density at radius 2 is 2.20 bits per heavy atom. The van der Waals surface area contributed by atoms with E-state index in [0.29, 0.717) is 13.1 Å². The molecule has 2 aromatic rings. The van der Waals surface area contributed by atoms with Crippen LogP contribution in [0.1, 0.15) is 24.8 Å². The lowest BCUT2D eigenvalue weighted by Gasteiger charge is -2.23. The number of rotatable bonds is 3. The van der Waals surface area contributed by atoms with Gasteiger partial charge in [-0.1, -0.05) is 23.5 Å². The minimum atomic E-state index is -0.854. The lowest BCUT2D eigenvalue weighted by Crippen LogP contribution is -2.34. The van der Waals surface area contributed by atoms with E-state index in [4.69, 9.17) is 9.84 Å². The van der Waals surface area contributed by atoms with E-state index in [-0.39, 0.29) is 6.10 Å². The SMILES string of the molecule is O=C(O)N1CC=C(c2ccc3nc(OC4CCNCC4)sc3c2)CC1. The first-order chi connectivity index (χ1) is 12.2. The van der Waals surface area contributed by atoms with Crippen molar-refractivity contribution in [3.05, 3.63) is 29.8 Å². The zero-order valence-electron chi connectivity index (χ0n) is 13.9. The van der Waals surface area contributed by atoms with Crippen molar-refractivity contribution in [2.24, 2.45) is 0 Å². The normalized spacial score (nSPS) is 19.0. The van der Waals surface area contributed by atoms with Crippen molar-refractivity contribution in [1.29, 1.82) is 0 Å². The van der Waals surface area contributed by atoms with Gasteiger partial charge in [0, 0.05) is 13.1 Å². The van der Waals surface area contributed by atoms with Gasteiger partial charge in [0.2, 0.25) is 0 Å². The third kappa shape index (κ3) is 3.62. The van der Waals surface area contributed by atoms with E-state index < -0.39 is 6.09 Å². The van der Waals surface area contributed by atoms with Gasteiger partial charge in [-0.15, -0.1) is 0 Å². The first-order valence-electron chi connectivity index (χ1n) is 8.64. The van der Waals surface area contributed by atoms with Crippen LogP contribution in [0.4, 0.5) is 4.79 Å². The van der Waals surface area contributed by atoms with E-state index in [9.17, 15) is 4.79 Å². The monoisotopic (exact) mass is 359 g/mol. The maximum Gasteiger partial charge on any atom is 0.407 e. The molecule has 2 N–H and O–H groups in total. The first kappa shape index (κ1) is 16.4. The maximum atomic E-state index is 11.0. The molecule has 2 aliphatic heterocycles. The summed E-state index contributed by atoms with van der Waals surface area (Å²) in [7, 11) is 0. The Hall–Kier alpha value is -2.12. The Morgan fingerprint density at radius 3 is 2.92 bits per heavy atom. The highest BCUT2D eigenvalue weighted by atomic mass is 32.1. The average molecular weight is 359 g/mol. The van der Waals surface area contributed by atoms with Crippen LogP contribution < -0.4 is 10.1 Å². The van der Waals surface area contributed by atoms with Gasteiger partial charge in [-0.2, -0.15) is 0 Å². The van der Waals surface area contributed by atoms with Crippen LogP contribution in [0.5, 0.6) is 5.19 Å². The number of ether oxygens (including phenoxy) is 1. The molecule has 0 saturated carbocycles. The lowest BCUT2D eigenvalue weighted by atomic mass is 9.99. The topological polar surface area (TPSA) is 74.7 Å². The van der Waals surface area contributed by atoms with Gasteiger partial charge in [0.15, 0.2) is 0 Å². The molecule has 1 aromatic heterocycles. The molecule has 0 radical (unpaired) electrons. The second-order valence-corrected chi connectivity index (χ2v) is 7.43. The summed E-state index contributed by atoms with van der Waals surface area (Å²) in [5.41, 5.74) is 3.31. The van der Waals surface area contributed by atoms with Crippen LogP contribution in [0.15, 0.2) is 24.3 Å². The van der Waals surface area contributed by atoms with E-state index in [1.54, 1.807) is 11.3 Å². The molecule has 1 fully saturated rings. The van der Waals surface area contributed by atoms with E-state index in [0.717, 1.165) is 53.3 Å². The van der Waals surface area contributed by atoms with Gasteiger partial charge in [-0.3, -0.25) is 0 Å². The number of piperidine rings is 1. The molecule has 4 rings (SSSR count). The number of hydrogen-bond donors (Lipinski definition) is 2. The summed E-state index contributed by atoms with van der Waals surface area (Å²) in [6.45, 7) is 3.00. The number of fused-ring (bicyclic) bond motifs is 1. The number of carbonyl (C=O) groups is 1. The highest BCUT2D eigenvalue weighted by Gasteiger charge is 2.19. The van der Waals surface area contributed by atoms with Gasteiger partial charge in [-0.25, -0.2) is 9.78 Å². The Labute approximate surface area is 150 Å². The molecule has 0 bridgehead atoms. The average Bonchev–Trinajstić information content (AvgIpc) is 3.04. The predicted molar refractivity (Wildman–Crippen MR) is 98.3 cm³/mol. The summed E-state index contributed by atoms with van der Waals surface area (Å²) in [6.07, 6.45) is 4.20. The van der Waals surface area contributed by atoms with Crippen LogP contribution >= 0.6 is 11.3 Å². The predicted octanol–water partition coefficient (Wildman–Crippen LogP) is 3.19. The first-order valence-corrected chi connectivity index (χ1v) is 9.46. The third-order valence-electron chi connectivity index (χ3n) is 4.77. The van der Waals surface area contributed by atoms with E-state index in [2.05, 4.69) is 22.4 Å². The Bertz CT molecular complexity index is 811. The number of amides is 1. The molecule has 0 unspecified atom stereocenters. The highest BCUT2D eigenvalue weighted by molar-refractivity contribution is 7.20. The molecule has 1 amide bonds. The molecule has 0 spiro atoms. The molecular formula is C18H21N3O3S. The Morgan fingerprint density at radius 1 is 1.36 bits per heavy atom. The van der Waals surface area contributed by atoms with E-state index in [1.807, 2.05) is 12.1 Å². The van der Waals surface area contributed by atoms with Crippen molar-refractivity contribution >= 4 is 33.2 Å². The zero-order valence-corrected chi connectivity index (χ0v) is 14.7. The van der Waals surface area contributed by atoms with Gasteiger partial charge >= 0.3 is 6.09 Å². The van der Waals surface area contributed by atoms with Crippen molar-refractivity contribution in [3.63, 3.8) is 0 Å². The third-order valence-corrected chi connectivity index (χ3v) is 5.68. The molecule has 0 aliphatic carbocycles. The quantitative estimate of drug-likeness (QED) is 0.880. The fraction of sp³-hybridized carbons (Fsp3) is 0.444. The summed E-state index contributed by atoms with van der Waals surface area (Å²) in [4.78, 5) is 17.0. The van der Waals surface area contributed by atoms with Crippen molar-refractivity contribution in [2.75, 3.05) is 26.2 Å². The number of carboxylic acid groups (broad SMARTS) is 1.